The smallest absolute Gasteiger partial charge is 0.290 e. The van der Waals surface area contributed by atoms with Gasteiger partial charge in [-0.05, 0) is 87.2 Å². The zero-order valence-electron chi connectivity index (χ0n) is 19.8. The number of nitrogens with one attached hydrogen (secondary N) is 1. The molecule has 3 aromatic carbocycles. The number of carbonyl (C=O) groups excluding carboxylic acids is 1. The number of hydrogen-bond donors (Lipinski definition) is 3. The predicted octanol–water partition coefficient (Wildman–Crippen LogP) is 5.95. The van der Waals surface area contributed by atoms with Crippen molar-refractivity contribution in [2.24, 2.45) is 0 Å². The van der Waals surface area contributed by atoms with Gasteiger partial charge in [-0.15, -0.1) is 0 Å². The lowest BCUT2D eigenvalue weighted by molar-refractivity contribution is -0.122. The Balaban J connectivity index is 0.000000651. The Bertz CT molecular complexity index is 908. The summed E-state index contributed by atoms with van der Waals surface area (Å²) in [6.07, 6.45) is 2.31. The minimum atomic E-state index is -0.250. The molecule has 0 aliphatic heterocycles. The van der Waals surface area contributed by atoms with Crippen molar-refractivity contribution in [2.45, 2.75) is 39.7 Å². The van der Waals surface area contributed by atoms with Gasteiger partial charge in [-0.2, -0.15) is 0 Å². The van der Waals surface area contributed by atoms with Crippen LogP contribution in [-0.2, 0) is 16.0 Å². The molecule has 6 heteroatoms. The zero-order valence-corrected chi connectivity index (χ0v) is 20.6. The lowest BCUT2D eigenvalue weighted by atomic mass is 9.96. The van der Waals surface area contributed by atoms with E-state index in [0.717, 1.165) is 17.1 Å². The van der Waals surface area contributed by atoms with Gasteiger partial charge in [-0.25, -0.2) is 0 Å². The number of anilines is 1. The molecule has 3 aromatic rings. The topological polar surface area (TPSA) is 92.4 Å². The van der Waals surface area contributed by atoms with Crippen molar-refractivity contribution in [3.63, 3.8) is 0 Å². The van der Waals surface area contributed by atoms with Crippen molar-refractivity contribution in [2.75, 3.05) is 12.8 Å². The van der Waals surface area contributed by atoms with Gasteiger partial charge in [0.15, 0.2) is 0 Å². The minimum Gasteiger partial charge on any atom is -0.483 e. The standard InChI is InChI=1S/C19H25N.C6H6ClN.CH2O2.CH2O/c1-14-5-9-17(10-6-14)19-11-7-15(2)18(13-19)12-8-16(3)20-4;7-5-1-3-6(8)4-2-5;2-1-3;1-2/h5-7,9-11,13,16,20H,8,12H2,1-4H3;1-4H,8H2;1H,(H,2,3);1H2/t16-;;;/m0.../s1. The van der Waals surface area contributed by atoms with E-state index in [1.807, 2.05) is 13.8 Å². The molecule has 0 amide bonds. The van der Waals surface area contributed by atoms with E-state index >= 15 is 0 Å². The maximum absolute atomic E-state index is 8.36. The highest BCUT2D eigenvalue weighted by Gasteiger charge is 2.05. The van der Waals surface area contributed by atoms with E-state index in [2.05, 4.69) is 68.6 Å². The van der Waals surface area contributed by atoms with Crippen molar-refractivity contribution < 1.29 is 14.7 Å². The summed E-state index contributed by atoms with van der Waals surface area (Å²) in [7, 11) is 2.03. The third-order valence-corrected chi connectivity index (χ3v) is 5.20. The molecule has 0 aliphatic rings. The molecule has 178 valence electrons. The molecule has 0 aliphatic carbocycles. The van der Waals surface area contributed by atoms with Gasteiger partial charge < -0.3 is 21.0 Å². The molecule has 3 rings (SSSR count). The van der Waals surface area contributed by atoms with Gasteiger partial charge in [0, 0.05) is 16.8 Å². The normalized spacial score (nSPS) is 10.2. The number of hydrogen-bond acceptors (Lipinski definition) is 4. The van der Waals surface area contributed by atoms with Crippen LogP contribution in [0.3, 0.4) is 0 Å². The number of benzene rings is 3. The van der Waals surface area contributed by atoms with E-state index in [0.29, 0.717) is 6.04 Å². The van der Waals surface area contributed by atoms with Crippen LogP contribution in [-0.4, -0.2) is 31.5 Å². The number of carboxylic acid groups (broad SMARTS) is 1. The Kier molecular flexibility index (Phi) is 15.7. The largest absolute Gasteiger partial charge is 0.483 e. The first-order valence-corrected chi connectivity index (χ1v) is 10.9. The van der Waals surface area contributed by atoms with Crippen molar-refractivity contribution in [3.05, 3.63) is 88.4 Å². The Morgan fingerprint density at radius 2 is 1.52 bits per heavy atom. The minimum absolute atomic E-state index is 0.250. The van der Waals surface area contributed by atoms with Crippen LogP contribution < -0.4 is 11.1 Å². The van der Waals surface area contributed by atoms with Gasteiger partial charge in [-0.3, -0.25) is 4.79 Å². The molecule has 0 fully saturated rings. The van der Waals surface area contributed by atoms with Gasteiger partial charge in [0.2, 0.25) is 0 Å². The summed E-state index contributed by atoms with van der Waals surface area (Å²) in [6.45, 7) is 8.32. The Morgan fingerprint density at radius 3 is 2.00 bits per heavy atom. The van der Waals surface area contributed by atoms with E-state index in [-0.39, 0.29) is 6.47 Å². The Labute approximate surface area is 202 Å². The monoisotopic (exact) mass is 470 g/mol. The third-order valence-electron chi connectivity index (χ3n) is 4.94. The second-order valence-corrected chi connectivity index (χ2v) is 7.83. The van der Waals surface area contributed by atoms with E-state index in [1.165, 1.54) is 34.2 Å². The van der Waals surface area contributed by atoms with Crippen LogP contribution in [0.4, 0.5) is 5.69 Å². The second-order valence-electron chi connectivity index (χ2n) is 7.39. The lowest BCUT2D eigenvalue weighted by Gasteiger charge is -2.13. The first kappa shape index (κ1) is 29.9. The van der Waals surface area contributed by atoms with Crippen LogP contribution in [0.2, 0.25) is 5.02 Å². The SMILES string of the molecule is C=O.CN[C@@H](C)CCc1cc(-c2ccc(C)cc2)ccc1C.Nc1ccc(Cl)cc1.O=CO. The van der Waals surface area contributed by atoms with Gasteiger partial charge in [0.1, 0.15) is 6.79 Å². The molecule has 5 nitrogen and oxygen atoms in total. The molecule has 0 saturated carbocycles. The molecule has 0 bridgehead atoms. The van der Waals surface area contributed by atoms with Gasteiger partial charge in [0.05, 0.1) is 0 Å². The summed E-state index contributed by atoms with van der Waals surface area (Å²) in [5.74, 6) is 0. The average molecular weight is 471 g/mol. The quantitative estimate of drug-likeness (QED) is 0.316. The second kappa shape index (κ2) is 17.4. The average Bonchev–Trinajstić information content (AvgIpc) is 2.83. The number of aryl methyl sites for hydroxylation is 3. The number of carbonyl (C=O) groups is 2. The van der Waals surface area contributed by atoms with Crippen LogP contribution in [0.15, 0.2) is 66.7 Å². The fraction of sp³-hybridized carbons (Fsp3) is 0.259. The maximum atomic E-state index is 8.36. The third kappa shape index (κ3) is 12.5. The number of nitrogen functional groups attached to an aromatic ring is 1. The van der Waals surface area contributed by atoms with Gasteiger partial charge in [-0.1, -0.05) is 59.6 Å². The summed E-state index contributed by atoms with van der Waals surface area (Å²) in [5, 5.41) is 10.9. The van der Waals surface area contributed by atoms with Crippen LogP contribution in [0.5, 0.6) is 0 Å². The molecule has 0 aromatic heterocycles. The van der Waals surface area contributed by atoms with Crippen molar-refractivity contribution in [3.8, 4) is 11.1 Å². The summed E-state index contributed by atoms with van der Waals surface area (Å²) in [4.78, 5) is 16.4. The summed E-state index contributed by atoms with van der Waals surface area (Å²) >= 11 is 5.56. The number of halogens is 1. The molecule has 0 spiro atoms. The summed E-state index contributed by atoms with van der Waals surface area (Å²) < 4.78 is 0. The molecule has 1 atom stereocenters. The van der Waals surface area contributed by atoms with Gasteiger partial charge in [0.25, 0.3) is 6.47 Å². The zero-order chi connectivity index (χ0) is 25.2. The molecule has 4 N–H and O–H groups in total. The Hall–Kier alpha value is -3.15. The lowest BCUT2D eigenvalue weighted by Crippen LogP contribution is -2.21. The first-order chi connectivity index (χ1) is 15.8. The van der Waals surface area contributed by atoms with Crippen molar-refractivity contribution in [1.29, 1.82) is 0 Å². The molecule has 0 heterocycles. The van der Waals surface area contributed by atoms with Crippen molar-refractivity contribution in [1.82, 2.24) is 5.32 Å². The van der Waals surface area contributed by atoms with Crippen molar-refractivity contribution >= 4 is 30.5 Å². The molecule has 0 saturated heterocycles. The van der Waals surface area contributed by atoms with Crippen LogP contribution in [0.25, 0.3) is 11.1 Å². The van der Waals surface area contributed by atoms with E-state index in [4.69, 9.17) is 32.0 Å². The molecular formula is C27H35ClN2O3. The molecule has 33 heavy (non-hydrogen) atoms. The van der Waals surface area contributed by atoms with E-state index < -0.39 is 0 Å². The van der Waals surface area contributed by atoms with Crippen LogP contribution in [0.1, 0.15) is 30.0 Å². The molecule has 0 unspecified atom stereocenters. The number of rotatable bonds is 5. The fourth-order valence-corrected chi connectivity index (χ4v) is 2.97. The molecular weight excluding hydrogens is 436 g/mol. The first-order valence-electron chi connectivity index (χ1n) is 10.5. The van der Waals surface area contributed by atoms with Crippen LogP contribution in [0, 0.1) is 13.8 Å². The highest BCUT2D eigenvalue weighted by molar-refractivity contribution is 6.30. The highest BCUT2D eigenvalue weighted by Crippen LogP contribution is 2.24. The Morgan fingerprint density at radius 1 is 1.00 bits per heavy atom. The van der Waals surface area contributed by atoms with E-state index in [1.54, 1.807) is 24.3 Å². The molecule has 0 radical (unpaired) electrons. The fourth-order valence-electron chi connectivity index (χ4n) is 2.85. The van der Waals surface area contributed by atoms with E-state index in [9.17, 15) is 0 Å². The highest BCUT2D eigenvalue weighted by atomic mass is 35.5. The van der Waals surface area contributed by atoms with Gasteiger partial charge >= 0.3 is 0 Å². The maximum Gasteiger partial charge on any atom is 0.290 e. The number of nitrogens with two attached hydrogens (primary N) is 1. The summed E-state index contributed by atoms with van der Waals surface area (Å²) in [6, 6.07) is 23.2. The predicted molar refractivity (Wildman–Crippen MR) is 140 cm³/mol. The summed E-state index contributed by atoms with van der Waals surface area (Å²) in [5.41, 5.74) is 12.9. The van der Waals surface area contributed by atoms with Crippen LogP contribution >= 0.6 is 11.6 Å².